The molecule has 6 N–H and O–H groups in total. The Morgan fingerprint density at radius 2 is 2.03 bits per heavy atom. The van der Waals surface area contributed by atoms with Crippen molar-refractivity contribution in [2.24, 2.45) is 33.2 Å². The molecule has 3 fully saturated rings. The Morgan fingerprint density at radius 3 is 2.69 bits per heavy atom. The van der Waals surface area contributed by atoms with Crippen LogP contribution in [0.2, 0.25) is 0 Å². The van der Waals surface area contributed by atoms with Gasteiger partial charge in [-0.1, -0.05) is 20.3 Å². The second-order valence-electron chi connectivity index (χ2n) is 11.3. The molecule has 10 heteroatoms. The molecule has 1 saturated carbocycles. The highest BCUT2D eigenvalue weighted by Crippen LogP contribution is 2.73. The molecule has 200 valence electrons. The number of carbonyl (C=O) groups excluding carboxylic acids is 1. The van der Waals surface area contributed by atoms with Gasteiger partial charge in [0.15, 0.2) is 0 Å². The fourth-order valence-corrected chi connectivity index (χ4v) is 8.80. The molecule has 4 rings (SSSR count). The normalized spacial score (nSPS) is 39.5. The third-order valence-corrected chi connectivity index (χ3v) is 10.8. The lowest BCUT2D eigenvalue weighted by Gasteiger charge is -2.43. The average Bonchev–Trinajstić information content (AvgIpc) is 3.41. The molecule has 0 aromatic carbocycles. The Morgan fingerprint density at radius 1 is 1.29 bits per heavy atom. The van der Waals surface area contributed by atoms with Gasteiger partial charge in [-0.05, 0) is 55.9 Å². The van der Waals surface area contributed by atoms with Gasteiger partial charge in [0, 0.05) is 54.2 Å². The van der Waals surface area contributed by atoms with Crippen molar-refractivity contribution >= 4 is 34.5 Å². The first kappa shape index (κ1) is 27.5. The number of halogens is 1. The summed E-state index contributed by atoms with van der Waals surface area (Å²) in [7, 11) is -0.724. The molecule has 0 aromatic heterocycles. The molecule has 35 heavy (non-hydrogen) atoms. The van der Waals surface area contributed by atoms with Crippen molar-refractivity contribution in [3.8, 4) is 0 Å². The van der Waals surface area contributed by atoms with E-state index in [0.29, 0.717) is 18.1 Å². The summed E-state index contributed by atoms with van der Waals surface area (Å²) >= 11 is 6.71. The van der Waals surface area contributed by atoms with Gasteiger partial charge in [-0.2, -0.15) is 0 Å². The highest BCUT2D eigenvalue weighted by molar-refractivity contribution is 7.85. The first-order valence-electron chi connectivity index (χ1n) is 13.5. The maximum atomic E-state index is 13.8. The smallest absolute Gasteiger partial charge is 0.228 e. The van der Waals surface area contributed by atoms with Crippen molar-refractivity contribution in [2.75, 3.05) is 37.7 Å². The molecule has 4 aliphatic rings. The number of hydrogen-bond acceptors (Lipinski definition) is 7. The van der Waals surface area contributed by atoms with Crippen LogP contribution in [0.4, 0.5) is 0 Å². The summed E-state index contributed by atoms with van der Waals surface area (Å²) in [5.74, 6) is 0.695. The predicted octanol–water partition coefficient (Wildman–Crippen LogP) is 1.18. The lowest BCUT2D eigenvalue weighted by atomic mass is 9.76. The van der Waals surface area contributed by atoms with Crippen molar-refractivity contribution in [1.82, 2.24) is 15.5 Å². The van der Waals surface area contributed by atoms with Crippen LogP contribution < -0.4 is 22.1 Å². The predicted molar refractivity (Wildman–Crippen MR) is 144 cm³/mol. The molecule has 7 atom stereocenters. The molecular formula is C25H45ClN6O2S. The first-order valence-corrected chi connectivity index (χ1v) is 15.5. The molecule has 1 amide bonds. The van der Waals surface area contributed by atoms with Gasteiger partial charge in [-0.3, -0.25) is 18.9 Å². The fraction of sp³-hybridized carbons (Fsp3) is 0.920. The van der Waals surface area contributed by atoms with E-state index in [1.807, 2.05) is 6.21 Å². The van der Waals surface area contributed by atoms with Crippen molar-refractivity contribution in [2.45, 2.75) is 88.5 Å². The molecule has 3 aliphatic heterocycles. The molecule has 2 saturated heterocycles. The number of nitrogens with one attached hydrogen (secondary N) is 2. The third kappa shape index (κ3) is 5.80. The molecule has 1 aliphatic carbocycles. The van der Waals surface area contributed by atoms with Crippen LogP contribution in [0.25, 0.3) is 0 Å². The van der Waals surface area contributed by atoms with Crippen molar-refractivity contribution in [3.05, 3.63) is 0 Å². The Hall–Kier alpha value is -0.580. The number of carbonyl (C=O) groups is 1. The highest BCUT2D eigenvalue weighted by Gasteiger charge is 2.66. The van der Waals surface area contributed by atoms with Crippen LogP contribution in [-0.2, 0) is 15.6 Å². The SMILES string of the molecule is CCCC12CC(Cl)C=NC(C(C(=O)NC3CNCCC3N3CCS(=O)CC3)C(N)N)CC1(CC)C2. The minimum atomic E-state index is -0.800. The topological polar surface area (TPSA) is 126 Å². The minimum Gasteiger partial charge on any atom is -0.350 e. The summed E-state index contributed by atoms with van der Waals surface area (Å²) in [5.41, 5.74) is 12.9. The highest BCUT2D eigenvalue weighted by atomic mass is 35.5. The second kappa shape index (κ2) is 11.4. The lowest BCUT2D eigenvalue weighted by molar-refractivity contribution is -0.128. The van der Waals surface area contributed by atoms with Gasteiger partial charge in [-0.15, -0.1) is 11.6 Å². The van der Waals surface area contributed by atoms with E-state index in [2.05, 4.69) is 29.4 Å². The van der Waals surface area contributed by atoms with E-state index in [0.717, 1.165) is 64.6 Å². The van der Waals surface area contributed by atoms with E-state index in [1.54, 1.807) is 0 Å². The number of fused-ring (bicyclic) bond motifs is 1. The molecule has 0 bridgehead atoms. The summed E-state index contributed by atoms with van der Waals surface area (Å²) in [6, 6.07) is -0.0898. The van der Waals surface area contributed by atoms with Gasteiger partial charge in [0.25, 0.3) is 0 Å². The number of aliphatic imine (C=N–C) groups is 1. The van der Waals surface area contributed by atoms with Crippen molar-refractivity contribution in [3.63, 3.8) is 0 Å². The zero-order valence-corrected chi connectivity index (χ0v) is 23.0. The lowest BCUT2D eigenvalue weighted by Crippen LogP contribution is -2.63. The summed E-state index contributed by atoms with van der Waals surface area (Å²) in [5, 5.41) is 6.61. The fourth-order valence-electron chi connectivity index (χ4n) is 7.36. The minimum absolute atomic E-state index is 0.0393. The molecule has 0 radical (unpaired) electrons. The summed E-state index contributed by atoms with van der Waals surface area (Å²) in [4.78, 5) is 21.0. The van der Waals surface area contributed by atoms with Gasteiger partial charge in [-0.25, -0.2) is 0 Å². The molecule has 0 aromatic rings. The Kier molecular flexibility index (Phi) is 8.97. The van der Waals surface area contributed by atoms with Crippen LogP contribution in [0, 0.1) is 16.7 Å². The van der Waals surface area contributed by atoms with Crippen molar-refractivity contribution < 1.29 is 9.00 Å². The first-order chi connectivity index (χ1) is 16.7. The van der Waals surface area contributed by atoms with Crippen LogP contribution in [-0.4, -0.2) is 88.6 Å². The zero-order chi connectivity index (χ0) is 25.2. The van der Waals surface area contributed by atoms with Crippen LogP contribution in [0.15, 0.2) is 4.99 Å². The number of amides is 1. The number of piperidine rings is 1. The molecule has 7 unspecified atom stereocenters. The van der Waals surface area contributed by atoms with Gasteiger partial charge in [0.1, 0.15) is 0 Å². The van der Waals surface area contributed by atoms with Gasteiger partial charge < -0.3 is 22.1 Å². The van der Waals surface area contributed by atoms with E-state index in [4.69, 9.17) is 28.1 Å². The molecule has 0 spiro atoms. The number of hydrogen-bond donors (Lipinski definition) is 4. The molecule has 8 nitrogen and oxygen atoms in total. The summed E-state index contributed by atoms with van der Waals surface area (Å²) in [6.45, 7) is 7.74. The zero-order valence-electron chi connectivity index (χ0n) is 21.4. The Bertz CT molecular complexity index is 805. The molecular weight excluding hydrogens is 484 g/mol. The van der Waals surface area contributed by atoms with Crippen LogP contribution in [0.3, 0.4) is 0 Å². The van der Waals surface area contributed by atoms with E-state index in [1.165, 1.54) is 0 Å². The maximum Gasteiger partial charge on any atom is 0.228 e. The average molecular weight is 529 g/mol. The molecule has 3 heterocycles. The standard InChI is InChI=1S/C25H45ClN6O2S/c1-3-6-25-12-17(26)14-30-18(13-24(25,4-2)16-25)21(22(27)28)23(33)31-19-15-29-7-5-20(19)32-8-10-35(34)11-9-32/h14,17-22,29H,3-13,15-16,27-28H2,1-2H3,(H,31,33). The third-order valence-electron chi connectivity index (χ3n) is 9.29. The van der Waals surface area contributed by atoms with E-state index < -0.39 is 22.9 Å². The summed E-state index contributed by atoms with van der Waals surface area (Å²) < 4.78 is 11.9. The van der Waals surface area contributed by atoms with Gasteiger partial charge in [0.2, 0.25) is 5.91 Å². The Labute approximate surface area is 218 Å². The van der Waals surface area contributed by atoms with Gasteiger partial charge >= 0.3 is 0 Å². The second-order valence-corrected chi connectivity index (χ2v) is 13.5. The number of nitrogens with zero attached hydrogens (tertiary/aromatic N) is 2. The quantitative estimate of drug-likeness (QED) is 0.277. The van der Waals surface area contributed by atoms with Crippen LogP contribution in [0.1, 0.15) is 58.8 Å². The largest absolute Gasteiger partial charge is 0.350 e. The van der Waals surface area contributed by atoms with E-state index in [-0.39, 0.29) is 40.2 Å². The summed E-state index contributed by atoms with van der Waals surface area (Å²) in [6.07, 6.45) is 8.26. The van der Waals surface area contributed by atoms with E-state index >= 15 is 0 Å². The van der Waals surface area contributed by atoms with Crippen LogP contribution >= 0.6 is 11.6 Å². The van der Waals surface area contributed by atoms with Crippen LogP contribution in [0.5, 0.6) is 0 Å². The number of rotatable bonds is 8. The maximum absolute atomic E-state index is 13.8. The number of alkyl halides is 1. The van der Waals surface area contributed by atoms with E-state index in [9.17, 15) is 9.00 Å². The van der Waals surface area contributed by atoms with Crippen molar-refractivity contribution in [1.29, 1.82) is 0 Å². The Balaban J connectivity index is 1.51. The number of nitrogens with two attached hydrogens (primary N) is 2. The monoisotopic (exact) mass is 528 g/mol. The van der Waals surface area contributed by atoms with Gasteiger partial charge in [0.05, 0.1) is 29.5 Å².